The van der Waals surface area contributed by atoms with Crippen LogP contribution in [0.15, 0.2) is 30.6 Å². The quantitative estimate of drug-likeness (QED) is 0.854. The Labute approximate surface area is 137 Å². The number of amides is 1. The minimum atomic E-state index is 0.124. The summed E-state index contributed by atoms with van der Waals surface area (Å²) in [7, 11) is 0. The zero-order valence-corrected chi connectivity index (χ0v) is 13.9. The highest BCUT2D eigenvalue weighted by molar-refractivity contribution is 5.96. The highest BCUT2D eigenvalue weighted by Crippen LogP contribution is 2.19. The summed E-state index contributed by atoms with van der Waals surface area (Å²) in [4.78, 5) is 25.4. The molecule has 0 atom stereocenters. The molecule has 1 amide bonds. The molecule has 120 valence electrons. The second kappa shape index (κ2) is 6.36. The summed E-state index contributed by atoms with van der Waals surface area (Å²) >= 11 is 0. The van der Waals surface area contributed by atoms with Gasteiger partial charge in [0.05, 0.1) is 0 Å². The first-order valence-corrected chi connectivity index (χ1v) is 7.95. The van der Waals surface area contributed by atoms with Gasteiger partial charge >= 0.3 is 0 Å². The van der Waals surface area contributed by atoms with E-state index in [0.29, 0.717) is 13.1 Å². The summed E-state index contributed by atoms with van der Waals surface area (Å²) in [5.41, 5.74) is 4.25. The van der Waals surface area contributed by atoms with Gasteiger partial charge in [-0.25, -0.2) is 9.97 Å². The van der Waals surface area contributed by atoms with E-state index in [-0.39, 0.29) is 5.91 Å². The number of hydrogen-bond acceptors (Lipinski definition) is 4. The van der Waals surface area contributed by atoms with Gasteiger partial charge in [-0.1, -0.05) is 6.07 Å². The van der Waals surface area contributed by atoms with E-state index in [4.69, 9.17) is 0 Å². The number of nitrogens with zero attached hydrogens (tertiary/aromatic N) is 4. The molecule has 0 saturated carbocycles. The Balaban J connectivity index is 1.70. The molecule has 5 heteroatoms. The van der Waals surface area contributed by atoms with Gasteiger partial charge in [-0.3, -0.25) is 4.79 Å². The van der Waals surface area contributed by atoms with Crippen LogP contribution in [0.4, 0.5) is 5.95 Å². The maximum absolute atomic E-state index is 12.8. The van der Waals surface area contributed by atoms with E-state index in [9.17, 15) is 4.79 Å². The van der Waals surface area contributed by atoms with Gasteiger partial charge in [0.25, 0.3) is 5.91 Å². The van der Waals surface area contributed by atoms with Crippen LogP contribution in [-0.2, 0) is 0 Å². The number of hydrogen-bond donors (Lipinski definition) is 0. The van der Waals surface area contributed by atoms with Crippen LogP contribution in [0.2, 0.25) is 0 Å². The predicted molar refractivity (Wildman–Crippen MR) is 90.8 cm³/mol. The van der Waals surface area contributed by atoms with Crippen LogP contribution in [0.5, 0.6) is 0 Å². The molecule has 0 aliphatic carbocycles. The topological polar surface area (TPSA) is 49.3 Å². The third kappa shape index (κ3) is 3.18. The second-order valence-corrected chi connectivity index (χ2v) is 6.08. The Kier molecular flexibility index (Phi) is 4.28. The summed E-state index contributed by atoms with van der Waals surface area (Å²) in [5, 5.41) is 0. The standard InChI is InChI=1S/C18H22N4O/c1-13-11-15(3)16(12-14(13)2)17(23)21-7-9-22(10-8-21)18-19-5-4-6-20-18/h4-6,11-12H,7-10H2,1-3H3. The number of carbonyl (C=O) groups is 1. The normalized spacial score (nSPS) is 14.9. The van der Waals surface area contributed by atoms with E-state index in [2.05, 4.69) is 34.8 Å². The molecule has 1 aromatic heterocycles. The molecule has 1 aromatic carbocycles. The molecule has 5 nitrogen and oxygen atoms in total. The largest absolute Gasteiger partial charge is 0.337 e. The van der Waals surface area contributed by atoms with E-state index in [1.807, 2.05) is 24.0 Å². The Morgan fingerprint density at radius 2 is 1.52 bits per heavy atom. The van der Waals surface area contributed by atoms with E-state index in [1.165, 1.54) is 5.56 Å². The van der Waals surface area contributed by atoms with E-state index < -0.39 is 0 Å². The molecule has 0 radical (unpaired) electrons. The van der Waals surface area contributed by atoms with Crippen molar-refractivity contribution >= 4 is 11.9 Å². The van der Waals surface area contributed by atoms with Gasteiger partial charge < -0.3 is 9.80 Å². The lowest BCUT2D eigenvalue weighted by atomic mass is 10.00. The minimum absolute atomic E-state index is 0.124. The first-order chi connectivity index (χ1) is 11.1. The maximum Gasteiger partial charge on any atom is 0.254 e. The number of aryl methyl sites for hydroxylation is 3. The van der Waals surface area contributed by atoms with Crippen LogP contribution in [0.1, 0.15) is 27.0 Å². The molecule has 1 aliphatic rings. The Hall–Kier alpha value is -2.43. The molecule has 0 bridgehead atoms. The van der Waals surface area contributed by atoms with Crippen molar-refractivity contribution in [3.63, 3.8) is 0 Å². The first kappa shape index (κ1) is 15.5. The fraction of sp³-hybridized carbons (Fsp3) is 0.389. The fourth-order valence-corrected chi connectivity index (χ4v) is 2.93. The van der Waals surface area contributed by atoms with Crippen LogP contribution < -0.4 is 4.90 Å². The molecule has 3 rings (SSSR count). The maximum atomic E-state index is 12.8. The van der Waals surface area contributed by atoms with Gasteiger partial charge in [0, 0.05) is 44.1 Å². The summed E-state index contributed by atoms with van der Waals surface area (Å²) in [6.45, 7) is 9.06. The molecule has 2 aromatic rings. The van der Waals surface area contributed by atoms with E-state index in [1.54, 1.807) is 12.4 Å². The Morgan fingerprint density at radius 1 is 0.913 bits per heavy atom. The zero-order chi connectivity index (χ0) is 16.4. The van der Waals surface area contributed by atoms with Gasteiger partial charge in [0.15, 0.2) is 0 Å². The average molecular weight is 310 g/mol. The highest BCUT2D eigenvalue weighted by Gasteiger charge is 2.24. The highest BCUT2D eigenvalue weighted by atomic mass is 16.2. The Bertz CT molecular complexity index is 706. The fourth-order valence-electron chi connectivity index (χ4n) is 2.93. The SMILES string of the molecule is Cc1cc(C)c(C(=O)N2CCN(c3ncccn3)CC2)cc1C. The summed E-state index contributed by atoms with van der Waals surface area (Å²) in [6, 6.07) is 5.92. The number of anilines is 1. The molecule has 0 N–H and O–H groups in total. The zero-order valence-electron chi connectivity index (χ0n) is 13.9. The van der Waals surface area contributed by atoms with Crippen LogP contribution >= 0.6 is 0 Å². The average Bonchev–Trinajstić information content (AvgIpc) is 2.58. The molecule has 0 spiro atoms. The van der Waals surface area contributed by atoms with Gasteiger partial charge in [0.2, 0.25) is 5.95 Å². The van der Waals surface area contributed by atoms with Crippen molar-refractivity contribution in [3.8, 4) is 0 Å². The molecule has 1 fully saturated rings. The van der Waals surface area contributed by atoms with E-state index >= 15 is 0 Å². The summed E-state index contributed by atoms with van der Waals surface area (Å²) in [5.74, 6) is 0.862. The third-order valence-corrected chi connectivity index (χ3v) is 4.47. The summed E-state index contributed by atoms with van der Waals surface area (Å²) < 4.78 is 0. The lowest BCUT2D eigenvalue weighted by molar-refractivity contribution is 0.0745. The van der Waals surface area contributed by atoms with Crippen LogP contribution in [0, 0.1) is 20.8 Å². The Morgan fingerprint density at radius 3 is 2.17 bits per heavy atom. The van der Waals surface area contributed by atoms with Gasteiger partial charge in [-0.15, -0.1) is 0 Å². The lowest BCUT2D eigenvalue weighted by Gasteiger charge is -2.35. The van der Waals surface area contributed by atoms with Crippen molar-refractivity contribution in [2.75, 3.05) is 31.1 Å². The van der Waals surface area contributed by atoms with Crippen molar-refractivity contribution in [2.24, 2.45) is 0 Å². The molecule has 1 aliphatic heterocycles. The number of aromatic nitrogens is 2. The first-order valence-electron chi connectivity index (χ1n) is 7.95. The van der Waals surface area contributed by atoms with Crippen molar-refractivity contribution in [1.82, 2.24) is 14.9 Å². The molecule has 0 unspecified atom stereocenters. The number of piperazine rings is 1. The molecule has 23 heavy (non-hydrogen) atoms. The van der Waals surface area contributed by atoms with Crippen molar-refractivity contribution in [1.29, 1.82) is 0 Å². The predicted octanol–water partition coefficient (Wildman–Crippen LogP) is 2.36. The molecular formula is C18H22N4O. The van der Waals surface area contributed by atoms with Gasteiger partial charge in [-0.05, 0) is 49.6 Å². The lowest BCUT2D eigenvalue weighted by Crippen LogP contribution is -2.49. The monoisotopic (exact) mass is 310 g/mol. The van der Waals surface area contributed by atoms with Crippen molar-refractivity contribution in [2.45, 2.75) is 20.8 Å². The van der Waals surface area contributed by atoms with E-state index in [0.717, 1.165) is 35.7 Å². The second-order valence-electron chi connectivity index (χ2n) is 6.08. The number of benzene rings is 1. The van der Waals surface area contributed by atoms with Crippen LogP contribution in [-0.4, -0.2) is 47.0 Å². The third-order valence-electron chi connectivity index (χ3n) is 4.47. The summed E-state index contributed by atoms with van der Waals surface area (Å²) in [6.07, 6.45) is 3.50. The smallest absolute Gasteiger partial charge is 0.254 e. The number of rotatable bonds is 2. The minimum Gasteiger partial charge on any atom is -0.337 e. The molecular weight excluding hydrogens is 288 g/mol. The van der Waals surface area contributed by atoms with Gasteiger partial charge in [-0.2, -0.15) is 0 Å². The van der Waals surface area contributed by atoms with Crippen molar-refractivity contribution in [3.05, 3.63) is 52.8 Å². The van der Waals surface area contributed by atoms with Crippen LogP contribution in [0.3, 0.4) is 0 Å². The van der Waals surface area contributed by atoms with Crippen LogP contribution in [0.25, 0.3) is 0 Å². The van der Waals surface area contributed by atoms with Crippen molar-refractivity contribution < 1.29 is 4.79 Å². The molecule has 1 saturated heterocycles. The molecule has 2 heterocycles. The number of carbonyl (C=O) groups excluding carboxylic acids is 1. The van der Waals surface area contributed by atoms with Gasteiger partial charge in [0.1, 0.15) is 0 Å².